The molecule has 0 saturated heterocycles. The van der Waals surface area contributed by atoms with Crippen LogP contribution in [0.3, 0.4) is 0 Å². The predicted octanol–water partition coefficient (Wildman–Crippen LogP) is 4.81. The highest BCUT2D eigenvalue weighted by molar-refractivity contribution is 5.92. The number of carbonyl (C=O) groups is 3. The molecule has 2 rings (SSSR count). The van der Waals surface area contributed by atoms with Crippen molar-refractivity contribution in [3.63, 3.8) is 0 Å². The van der Waals surface area contributed by atoms with Gasteiger partial charge in [0.2, 0.25) is 11.8 Å². The monoisotopic (exact) mass is 505 g/mol. The molecule has 0 saturated carbocycles. The summed E-state index contributed by atoms with van der Waals surface area (Å²) in [7, 11) is 0. The molecule has 3 unspecified atom stereocenters. The number of hydrogen-bond acceptors (Lipinski definition) is 4. The van der Waals surface area contributed by atoms with Crippen molar-refractivity contribution >= 4 is 17.9 Å². The lowest BCUT2D eigenvalue weighted by Gasteiger charge is -2.35. The third-order valence-electron chi connectivity index (χ3n) is 6.04. The predicted molar refractivity (Wildman–Crippen MR) is 145 cm³/mol. The molecule has 3 amide bonds. The number of carbonyl (C=O) groups excluding carboxylic acids is 3. The van der Waals surface area contributed by atoms with Gasteiger partial charge in [-0.1, -0.05) is 68.7 Å². The number of alkyl carbamates (subject to hydrolysis) is 1. The van der Waals surface area contributed by atoms with Gasteiger partial charge in [0.15, 0.2) is 0 Å². The van der Waals surface area contributed by atoms with Crippen molar-refractivity contribution < 1.29 is 19.1 Å². The van der Waals surface area contributed by atoms with Crippen molar-refractivity contribution in [2.75, 3.05) is 6.54 Å². The Morgan fingerprint density at radius 3 is 2.16 bits per heavy atom. The Labute approximate surface area is 221 Å². The zero-order valence-electron chi connectivity index (χ0n) is 22.7. The number of terminal acetylenes is 1. The molecule has 0 aliphatic carbocycles. The molecular weight excluding hydrogens is 466 g/mol. The van der Waals surface area contributed by atoms with E-state index in [-0.39, 0.29) is 24.3 Å². The summed E-state index contributed by atoms with van der Waals surface area (Å²) >= 11 is 0. The van der Waals surface area contributed by atoms with Gasteiger partial charge in [-0.3, -0.25) is 9.59 Å². The SMILES string of the molecule is C#Cc1ccc(C(C(=O)NCc2ccccc2)N(CC)C(=O)C(NC(=O)OC(C)(C)C)C(C)CC)cc1. The summed E-state index contributed by atoms with van der Waals surface area (Å²) < 4.78 is 5.41. The molecule has 2 aromatic carbocycles. The van der Waals surface area contributed by atoms with E-state index in [0.717, 1.165) is 5.56 Å². The van der Waals surface area contributed by atoms with Gasteiger partial charge < -0.3 is 20.3 Å². The molecule has 7 heteroatoms. The van der Waals surface area contributed by atoms with Crippen LogP contribution in [0, 0.1) is 18.3 Å². The molecule has 3 atom stereocenters. The van der Waals surface area contributed by atoms with Crippen molar-refractivity contribution in [2.45, 2.75) is 72.2 Å². The zero-order chi connectivity index (χ0) is 27.6. The first kappa shape index (κ1) is 29.4. The van der Waals surface area contributed by atoms with Gasteiger partial charge in [0, 0.05) is 18.7 Å². The number of rotatable bonds is 10. The largest absolute Gasteiger partial charge is 0.444 e. The maximum absolute atomic E-state index is 13.9. The summed E-state index contributed by atoms with van der Waals surface area (Å²) in [5.74, 6) is 1.70. The van der Waals surface area contributed by atoms with E-state index < -0.39 is 23.8 Å². The van der Waals surface area contributed by atoms with E-state index in [1.165, 1.54) is 4.90 Å². The average Bonchev–Trinajstić information content (AvgIpc) is 2.87. The Morgan fingerprint density at radius 2 is 1.65 bits per heavy atom. The normalized spacial score (nSPS) is 13.4. The van der Waals surface area contributed by atoms with Gasteiger partial charge in [-0.25, -0.2) is 4.79 Å². The first-order valence-electron chi connectivity index (χ1n) is 12.7. The van der Waals surface area contributed by atoms with Gasteiger partial charge in [-0.2, -0.15) is 0 Å². The second kappa shape index (κ2) is 13.5. The number of ether oxygens (including phenoxy) is 1. The number of amides is 3. The summed E-state index contributed by atoms with van der Waals surface area (Å²) in [5.41, 5.74) is 1.53. The standard InChI is InChI=1S/C30H39N3O4/c1-8-21(4)25(32-29(36)37-30(5,6)7)28(35)33(10-3)26(24-18-16-22(9-2)17-19-24)27(34)31-20-23-14-12-11-13-15-23/h2,11-19,21,25-26H,8,10,20H2,1,3-7H3,(H,31,34)(H,32,36). The summed E-state index contributed by atoms with van der Waals surface area (Å²) in [5, 5.41) is 5.71. The number of hydrogen-bond donors (Lipinski definition) is 2. The molecule has 37 heavy (non-hydrogen) atoms. The Bertz CT molecular complexity index is 1080. The van der Waals surface area contributed by atoms with Crippen LogP contribution in [0.4, 0.5) is 4.79 Å². The van der Waals surface area contributed by atoms with Crippen molar-refractivity contribution in [2.24, 2.45) is 5.92 Å². The highest BCUT2D eigenvalue weighted by Gasteiger charge is 2.37. The molecule has 2 N–H and O–H groups in total. The number of nitrogens with one attached hydrogen (secondary N) is 2. The van der Waals surface area contributed by atoms with Gasteiger partial charge in [0.05, 0.1) is 0 Å². The molecule has 0 radical (unpaired) electrons. The fraction of sp³-hybridized carbons (Fsp3) is 0.433. The molecule has 0 heterocycles. The Kier molecular flexibility index (Phi) is 10.7. The van der Waals surface area contributed by atoms with Crippen LogP contribution < -0.4 is 10.6 Å². The third-order valence-corrected chi connectivity index (χ3v) is 6.04. The Balaban J connectivity index is 2.41. The number of likely N-dealkylation sites (N-methyl/N-ethyl adjacent to an activating group) is 1. The van der Waals surface area contributed by atoms with Gasteiger partial charge in [-0.05, 0) is 56.9 Å². The van der Waals surface area contributed by atoms with E-state index in [2.05, 4.69) is 16.6 Å². The summed E-state index contributed by atoms with van der Waals surface area (Å²) in [6, 6.07) is 14.8. The second-order valence-electron chi connectivity index (χ2n) is 10.0. The quantitative estimate of drug-likeness (QED) is 0.454. The third kappa shape index (κ3) is 8.68. The van der Waals surface area contributed by atoms with Crippen LogP contribution >= 0.6 is 0 Å². The smallest absolute Gasteiger partial charge is 0.408 e. The molecule has 2 aromatic rings. The minimum Gasteiger partial charge on any atom is -0.444 e. The van der Waals surface area contributed by atoms with Crippen LogP contribution in [0.2, 0.25) is 0 Å². The molecule has 0 aromatic heterocycles. The molecule has 198 valence electrons. The summed E-state index contributed by atoms with van der Waals surface area (Å²) in [6.45, 7) is 11.5. The van der Waals surface area contributed by atoms with Gasteiger partial charge >= 0.3 is 6.09 Å². The Morgan fingerprint density at radius 1 is 1.03 bits per heavy atom. The van der Waals surface area contributed by atoms with E-state index in [0.29, 0.717) is 24.1 Å². The van der Waals surface area contributed by atoms with E-state index in [1.807, 2.05) is 51.1 Å². The molecule has 0 aliphatic heterocycles. The molecule has 0 bridgehead atoms. The lowest BCUT2D eigenvalue weighted by Crippen LogP contribution is -2.55. The van der Waals surface area contributed by atoms with Crippen LogP contribution in [0.25, 0.3) is 0 Å². The van der Waals surface area contributed by atoms with Crippen LogP contribution in [0.5, 0.6) is 0 Å². The first-order valence-corrected chi connectivity index (χ1v) is 12.7. The fourth-order valence-corrected chi connectivity index (χ4v) is 3.88. The lowest BCUT2D eigenvalue weighted by atomic mass is 9.95. The van der Waals surface area contributed by atoms with Crippen LogP contribution in [0.15, 0.2) is 54.6 Å². The van der Waals surface area contributed by atoms with Crippen molar-refractivity contribution in [3.05, 3.63) is 71.3 Å². The maximum Gasteiger partial charge on any atom is 0.408 e. The maximum atomic E-state index is 13.9. The molecule has 0 spiro atoms. The van der Waals surface area contributed by atoms with Crippen LogP contribution in [-0.4, -0.2) is 41.0 Å². The van der Waals surface area contributed by atoms with Crippen molar-refractivity contribution in [1.29, 1.82) is 0 Å². The van der Waals surface area contributed by atoms with Crippen molar-refractivity contribution in [3.8, 4) is 12.3 Å². The highest BCUT2D eigenvalue weighted by atomic mass is 16.6. The highest BCUT2D eigenvalue weighted by Crippen LogP contribution is 2.25. The van der Waals surface area contributed by atoms with Gasteiger partial charge in [0.1, 0.15) is 17.7 Å². The zero-order valence-corrected chi connectivity index (χ0v) is 22.7. The van der Waals surface area contributed by atoms with Gasteiger partial charge in [-0.15, -0.1) is 6.42 Å². The molecular formula is C30H39N3O4. The van der Waals surface area contributed by atoms with Crippen LogP contribution in [0.1, 0.15) is 70.7 Å². The van der Waals surface area contributed by atoms with Crippen LogP contribution in [-0.2, 0) is 20.9 Å². The topological polar surface area (TPSA) is 87.7 Å². The van der Waals surface area contributed by atoms with E-state index in [9.17, 15) is 14.4 Å². The first-order chi connectivity index (χ1) is 17.5. The minimum absolute atomic E-state index is 0.189. The van der Waals surface area contributed by atoms with E-state index in [1.54, 1.807) is 45.0 Å². The summed E-state index contributed by atoms with van der Waals surface area (Å²) in [6.07, 6.45) is 5.48. The molecule has 0 aliphatic rings. The average molecular weight is 506 g/mol. The molecule has 7 nitrogen and oxygen atoms in total. The van der Waals surface area contributed by atoms with Gasteiger partial charge in [0.25, 0.3) is 0 Å². The Hall–Kier alpha value is -3.79. The second-order valence-corrected chi connectivity index (χ2v) is 10.0. The number of nitrogens with zero attached hydrogens (tertiary/aromatic N) is 1. The van der Waals surface area contributed by atoms with Crippen molar-refractivity contribution in [1.82, 2.24) is 15.5 Å². The van der Waals surface area contributed by atoms with E-state index in [4.69, 9.17) is 11.2 Å². The fourth-order valence-electron chi connectivity index (χ4n) is 3.88. The minimum atomic E-state index is -0.917. The van der Waals surface area contributed by atoms with E-state index >= 15 is 0 Å². The lowest BCUT2D eigenvalue weighted by molar-refractivity contribution is -0.143. The summed E-state index contributed by atoms with van der Waals surface area (Å²) in [4.78, 5) is 41.6. The number of benzene rings is 2. The molecule has 0 fully saturated rings.